The van der Waals surface area contributed by atoms with Gasteiger partial charge in [-0.05, 0) is 67.9 Å². The molecule has 0 radical (unpaired) electrons. The Morgan fingerprint density at radius 3 is 1.50 bits per heavy atom. The molecule has 2 atom stereocenters. The van der Waals surface area contributed by atoms with Crippen molar-refractivity contribution in [3.63, 3.8) is 0 Å². The summed E-state index contributed by atoms with van der Waals surface area (Å²) in [4.78, 5) is 24.8. The predicted molar refractivity (Wildman–Crippen MR) is 138 cm³/mol. The zero-order chi connectivity index (χ0) is 25.9. The van der Waals surface area contributed by atoms with Gasteiger partial charge in [0.15, 0.2) is 11.6 Å². The second-order valence-electron chi connectivity index (χ2n) is 8.77. The molecule has 0 aromatic heterocycles. The van der Waals surface area contributed by atoms with Gasteiger partial charge in [0, 0.05) is 30.8 Å². The molecule has 0 aliphatic heterocycles. The van der Waals surface area contributed by atoms with Gasteiger partial charge in [-0.2, -0.15) is 0 Å². The average molecular weight is 492 g/mol. The first-order valence-corrected chi connectivity index (χ1v) is 11.9. The monoisotopic (exact) mass is 491 g/mol. The molecule has 0 heterocycles. The summed E-state index contributed by atoms with van der Waals surface area (Å²) in [6.07, 6.45) is -1.60. The normalized spacial score (nSPS) is 12.7. The smallest absolute Gasteiger partial charge is 0.159 e. The van der Waals surface area contributed by atoms with E-state index in [0.29, 0.717) is 29.2 Å². The molecule has 7 heteroatoms. The van der Waals surface area contributed by atoms with E-state index in [1.54, 1.807) is 48.5 Å². The SMILES string of the molecule is CC(=O)c1ccc(OCC(O)CN(Cc2ccccc2)CC(O)COc2ccc(C(C)=O)cc2)cc1. The number of ether oxygens (including phenoxy) is 2. The number of hydrogen-bond donors (Lipinski definition) is 2. The van der Waals surface area contributed by atoms with Crippen molar-refractivity contribution in [1.29, 1.82) is 0 Å². The van der Waals surface area contributed by atoms with Gasteiger partial charge in [-0.3, -0.25) is 14.5 Å². The fourth-order valence-electron chi connectivity index (χ4n) is 3.70. The van der Waals surface area contributed by atoms with E-state index in [1.807, 2.05) is 35.2 Å². The first-order valence-electron chi connectivity index (χ1n) is 11.9. The number of aliphatic hydroxyl groups is 2. The number of carbonyl (C=O) groups excluding carboxylic acids is 2. The van der Waals surface area contributed by atoms with Gasteiger partial charge in [0.25, 0.3) is 0 Å². The summed E-state index contributed by atoms with van der Waals surface area (Å²) < 4.78 is 11.4. The third-order valence-electron chi connectivity index (χ3n) is 5.59. The predicted octanol–water partition coefficient (Wildman–Crippen LogP) is 3.77. The van der Waals surface area contributed by atoms with Crippen molar-refractivity contribution in [2.45, 2.75) is 32.6 Å². The van der Waals surface area contributed by atoms with Crippen molar-refractivity contribution in [3.8, 4) is 11.5 Å². The first kappa shape index (κ1) is 27.1. The maximum atomic E-state index is 11.4. The zero-order valence-electron chi connectivity index (χ0n) is 20.7. The first-order chi connectivity index (χ1) is 17.3. The van der Waals surface area contributed by atoms with Crippen LogP contribution < -0.4 is 9.47 Å². The lowest BCUT2D eigenvalue weighted by Gasteiger charge is -2.27. The third kappa shape index (κ3) is 8.92. The zero-order valence-corrected chi connectivity index (χ0v) is 20.7. The van der Waals surface area contributed by atoms with Crippen molar-refractivity contribution < 1.29 is 29.3 Å². The quantitative estimate of drug-likeness (QED) is 0.331. The molecular formula is C29H33NO6. The lowest BCUT2D eigenvalue weighted by atomic mass is 10.1. The van der Waals surface area contributed by atoms with Crippen molar-refractivity contribution in [2.75, 3.05) is 26.3 Å². The number of benzene rings is 3. The van der Waals surface area contributed by atoms with Gasteiger partial charge in [-0.1, -0.05) is 30.3 Å². The molecule has 3 aromatic rings. The largest absolute Gasteiger partial charge is 0.491 e. The Bertz CT molecular complexity index is 1030. The number of aliphatic hydroxyl groups excluding tert-OH is 2. The minimum atomic E-state index is -0.798. The summed E-state index contributed by atoms with van der Waals surface area (Å²) >= 11 is 0. The van der Waals surface area contributed by atoms with Crippen LogP contribution in [0.5, 0.6) is 11.5 Å². The fourth-order valence-corrected chi connectivity index (χ4v) is 3.70. The highest BCUT2D eigenvalue weighted by Gasteiger charge is 2.18. The maximum Gasteiger partial charge on any atom is 0.159 e. The molecule has 0 amide bonds. The Labute approximate surface area is 211 Å². The van der Waals surface area contributed by atoms with E-state index < -0.39 is 12.2 Å². The Balaban J connectivity index is 1.54. The molecule has 3 aromatic carbocycles. The van der Waals surface area contributed by atoms with Crippen LogP contribution in [0.25, 0.3) is 0 Å². The van der Waals surface area contributed by atoms with Crippen LogP contribution in [0, 0.1) is 0 Å². The standard InChI is InChI=1S/C29H33NO6/c1-21(31)24-8-12-28(13-9-24)35-19-26(33)17-30(16-23-6-4-3-5-7-23)18-27(34)20-36-29-14-10-25(11-15-29)22(2)32/h3-15,26-27,33-34H,16-20H2,1-2H3. The van der Waals surface area contributed by atoms with E-state index in [1.165, 1.54) is 13.8 Å². The number of Topliss-reactive ketones (excluding diaryl/α,β-unsaturated/α-hetero) is 2. The van der Waals surface area contributed by atoms with Crippen molar-refractivity contribution >= 4 is 11.6 Å². The van der Waals surface area contributed by atoms with Crippen LogP contribution in [0.3, 0.4) is 0 Å². The van der Waals surface area contributed by atoms with E-state index in [9.17, 15) is 19.8 Å². The average Bonchev–Trinajstić information content (AvgIpc) is 2.87. The molecule has 3 rings (SSSR count). The Kier molecular flexibility index (Phi) is 10.2. The molecule has 0 aliphatic rings. The van der Waals surface area contributed by atoms with E-state index in [-0.39, 0.29) is 37.9 Å². The topological polar surface area (TPSA) is 96.3 Å². The van der Waals surface area contributed by atoms with E-state index in [0.717, 1.165) is 5.56 Å². The van der Waals surface area contributed by atoms with Gasteiger partial charge in [0.05, 0.1) is 0 Å². The van der Waals surface area contributed by atoms with Crippen LogP contribution in [0.4, 0.5) is 0 Å². The molecule has 0 aliphatic carbocycles. The number of hydrogen-bond acceptors (Lipinski definition) is 7. The number of nitrogens with zero attached hydrogens (tertiary/aromatic N) is 1. The molecule has 190 valence electrons. The van der Waals surface area contributed by atoms with E-state index in [4.69, 9.17) is 9.47 Å². The summed E-state index contributed by atoms with van der Waals surface area (Å²) in [5, 5.41) is 21.3. The van der Waals surface area contributed by atoms with E-state index >= 15 is 0 Å². The molecule has 7 nitrogen and oxygen atoms in total. The maximum absolute atomic E-state index is 11.4. The van der Waals surface area contributed by atoms with Gasteiger partial charge in [-0.15, -0.1) is 0 Å². The molecule has 0 fully saturated rings. The molecule has 0 saturated heterocycles. The highest BCUT2D eigenvalue weighted by atomic mass is 16.5. The van der Waals surface area contributed by atoms with Gasteiger partial charge >= 0.3 is 0 Å². The van der Waals surface area contributed by atoms with Crippen LogP contribution in [0.2, 0.25) is 0 Å². The van der Waals surface area contributed by atoms with Crippen LogP contribution in [-0.2, 0) is 6.54 Å². The van der Waals surface area contributed by atoms with Crippen molar-refractivity contribution in [1.82, 2.24) is 4.90 Å². The van der Waals surface area contributed by atoms with Crippen molar-refractivity contribution in [3.05, 3.63) is 95.6 Å². The highest BCUT2D eigenvalue weighted by molar-refractivity contribution is 5.94. The minimum absolute atomic E-state index is 0.0197. The van der Waals surface area contributed by atoms with Gasteiger partial charge in [0.2, 0.25) is 0 Å². The van der Waals surface area contributed by atoms with Gasteiger partial charge in [-0.25, -0.2) is 0 Å². The number of ketones is 2. The molecule has 0 bridgehead atoms. The molecular weight excluding hydrogens is 458 g/mol. The summed E-state index contributed by atoms with van der Waals surface area (Å²) in [6, 6.07) is 23.4. The molecule has 0 spiro atoms. The lowest BCUT2D eigenvalue weighted by Crippen LogP contribution is -2.41. The Morgan fingerprint density at radius 2 is 1.11 bits per heavy atom. The molecule has 2 unspecified atom stereocenters. The second-order valence-corrected chi connectivity index (χ2v) is 8.77. The summed E-state index contributed by atoms with van der Waals surface area (Å²) in [5.74, 6) is 1.10. The van der Waals surface area contributed by atoms with Crippen LogP contribution in [-0.4, -0.2) is 65.2 Å². The second kappa shape index (κ2) is 13.5. The van der Waals surface area contributed by atoms with Crippen molar-refractivity contribution in [2.24, 2.45) is 0 Å². The Morgan fingerprint density at radius 1 is 0.694 bits per heavy atom. The summed E-state index contributed by atoms with van der Waals surface area (Å²) in [7, 11) is 0. The summed E-state index contributed by atoms with van der Waals surface area (Å²) in [6.45, 7) is 4.25. The fraction of sp³-hybridized carbons (Fsp3) is 0.310. The summed E-state index contributed by atoms with van der Waals surface area (Å²) in [5.41, 5.74) is 2.25. The number of carbonyl (C=O) groups is 2. The molecule has 2 N–H and O–H groups in total. The molecule has 36 heavy (non-hydrogen) atoms. The van der Waals surface area contributed by atoms with Crippen LogP contribution in [0.1, 0.15) is 40.1 Å². The number of rotatable bonds is 14. The van der Waals surface area contributed by atoms with Gasteiger partial charge in [0.1, 0.15) is 36.9 Å². The third-order valence-corrected chi connectivity index (χ3v) is 5.59. The van der Waals surface area contributed by atoms with Gasteiger partial charge < -0.3 is 19.7 Å². The Hall–Kier alpha value is -3.52. The minimum Gasteiger partial charge on any atom is -0.491 e. The van der Waals surface area contributed by atoms with Crippen LogP contribution >= 0.6 is 0 Å². The van der Waals surface area contributed by atoms with Crippen LogP contribution in [0.15, 0.2) is 78.9 Å². The molecule has 0 saturated carbocycles. The van der Waals surface area contributed by atoms with E-state index in [2.05, 4.69) is 0 Å². The highest BCUT2D eigenvalue weighted by Crippen LogP contribution is 2.15. The lowest BCUT2D eigenvalue weighted by molar-refractivity contribution is 0.0282.